The highest BCUT2D eigenvalue weighted by molar-refractivity contribution is 6.31. The van der Waals surface area contributed by atoms with Gasteiger partial charge in [0.25, 0.3) is 11.8 Å². The third-order valence-corrected chi connectivity index (χ3v) is 4.16. The van der Waals surface area contributed by atoms with E-state index >= 15 is 0 Å². The maximum atomic E-state index is 12.7. The molecule has 29 heavy (non-hydrogen) atoms. The summed E-state index contributed by atoms with van der Waals surface area (Å²) in [4.78, 5) is 36.9. The second-order valence-corrected chi connectivity index (χ2v) is 6.44. The molecule has 0 atom stereocenters. The average Bonchev–Trinajstić information content (AvgIpc) is 2.95. The molecule has 1 heterocycles. The van der Waals surface area contributed by atoms with E-state index < -0.39 is 17.8 Å². The molecule has 1 aliphatic heterocycles. The summed E-state index contributed by atoms with van der Waals surface area (Å²) in [6.45, 7) is 1.88. The molecule has 150 valence electrons. The fraction of sp³-hybridized carbons (Fsp3) is 0.150. The Bertz CT molecular complexity index is 988. The van der Waals surface area contributed by atoms with Crippen LogP contribution in [0.25, 0.3) is 6.08 Å². The number of primary amides is 1. The SMILES string of the molecule is CCOc1cc(/C=C2/NC(=O)N(c3ccc(Cl)cc3)C2=O)ccc1OCC(N)=O. The normalized spacial score (nSPS) is 14.8. The number of nitrogens with zero attached hydrogens (tertiary/aromatic N) is 1. The first-order chi connectivity index (χ1) is 13.9. The van der Waals surface area contributed by atoms with E-state index in [4.69, 9.17) is 26.8 Å². The number of hydrogen-bond donors (Lipinski definition) is 2. The van der Waals surface area contributed by atoms with E-state index in [9.17, 15) is 14.4 Å². The average molecular weight is 416 g/mol. The first-order valence-corrected chi connectivity index (χ1v) is 9.07. The number of amides is 4. The van der Waals surface area contributed by atoms with Crippen LogP contribution < -0.4 is 25.4 Å². The van der Waals surface area contributed by atoms with E-state index in [0.29, 0.717) is 34.4 Å². The molecule has 4 amide bonds. The van der Waals surface area contributed by atoms with Gasteiger partial charge in [-0.25, -0.2) is 9.69 Å². The second-order valence-electron chi connectivity index (χ2n) is 6.00. The maximum absolute atomic E-state index is 12.7. The van der Waals surface area contributed by atoms with Crippen molar-refractivity contribution < 1.29 is 23.9 Å². The van der Waals surface area contributed by atoms with Crippen LogP contribution in [-0.2, 0) is 9.59 Å². The zero-order valence-corrected chi connectivity index (χ0v) is 16.2. The summed E-state index contributed by atoms with van der Waals surface area (Å²) in [5, 5.41) is 3.05. The Morgan fingerprint density at radius 2 is 1.86 bits per heavy atom. The Morgan fingerprint density at radius 1 is 1.14 bits per heavy atom. The molecule has 1 saturated heterocycles. The molecule has 2 aromatic rings. The fourth-order valence-electron chi connectivity index (χ4n) is 2.68. The largest absolute Gasteiger partial charge is 0.490 e. The highest BCUT2D eigenvalue weighted by atomic mass is 35.5. The quantitative estimate of drug-likeness (QED) is 0.533. The van der Waals surface area contributed by atoms with Crippen molar-refractivity contribution in [3.05, 3.63) is 58.7 Å². The number of rotatable bonds is 7. The van der Waals surface area contributed by atoms with Gasteiger partial charge in [0.05, 0.1) is 12.3 Å². The lowest BCUT2D eigenvalue weighted by Crippen LogP contribution is -2.30. The van der Waals surface area contributed by atoms with E-state index in [-0.39, 0.29) is 12.3 Å². The van der Waals surface area contributed by atoms with Crippen LogP contribution in [0.5, 0.6) is 11.5 Å². The summed E-state index contributed by atoms with van der Waals surface area (Å²) in [6, 6.07) is 10.7. The standard InChI is InChI=1S/C20H18ClN3O5/c1-2-28-17-10-12(3-8-16(17)29-11-18(22)25)9-15-19(26)24(20(27)23-15)14-6-4-13(21)5-7-14/h3-10H,2,11H2,1H3,(H2,22,25)(H,23,27)/b15-9+. The second kappa shape index (κ2) is 8.66. The van der Waals surface area contributed by atoms with Gasteiger partial charge in [0.15, 0.2) is 18.1 Å². The number of ether oxygens (including phenoxy) is 2. The number of carbonyl (C=O) groups excluding carboxylic acids is 3. The van der Waals surface area contributed by atoms with E-state index in [2.05, 4.69) is 5.32 Å². The zero-order chi connectivity index (χ0) is 21.0. The number of urea groups is 1. The van der Waals surface area contributed by atoms with Gasteiger partial charge < -0.3 is 20.5 Å². The monoisotopic (exact) mass is 415 g/mol. The third-order valence-electron chi connectivity index (χ3n) is 3.91. The number of carbonyl (C=O) groups is 3. The molecule has 0 bridgehead atoms. The number of nitrogens with two attached hydrogens (primary N) is 1. The number of imide groups is 1. The molecule has 0 aliphatic carbocycles. The van der Waals surface area contributed by atoms with E-state index in [0.717, 1.165) is 4.90 Å². The van der Waals surface area contributed by atoms with E-state index in [1.54, 1.807) is 49.4 Å². The van der Waals surface area contributed by atoms with Crippen molar-refractivity contribution in [2.75, 3.05) is 18.1 Å². The van der Waals surface area contributed by atoms with Crippen molar-refractivity contribution in [3.63, 3.8) is 0 Å². The summed E-state index contributed by atoms with van der Waals surface area (Å²) in [5.74, 6) is -0.378. The van der Waals surface area contributed by atoms with Crippen molar-refractivity contribution in [2.24, 2.45) is 5.73 Å². The number of hydrogen-bond acceptors (Lipinski definition) is 5. The molecule has 0 radical (unpaired) electrons. The predicted molar refractivity (Wildman–Crippen MR) is 108 cm³/mol. The van der Waals surface area contributed by atoms with E-state index in [1.807, 2.05) is 0 Å². The smallest absolute Gasteiger partial charge is 0.333 e. The summed E-state index contributed by atoms with van der Waals surface area (Å²) >= 11 is 5.86. The molecule has 8 nitrogen and oxygen atoms in total. The van der Waals surface area contributed by atoms with Gasteiger partial charge in [0.2, 0.25) is 0 Å². The highest BCUT2D eigenvalue weighted by Gasteiger charge is 2.34. The van der Waals surface area contributed by atoms with Crippen molar-refractivity contribution in [2.45, 2.75) is 6.92 Å². The number of nitrogens with one attached hydrogen (secondary N) is 1. The third kappa shape index (κ3) is 4.67. The Balaban J connectivity index is 1.86. The lowest BCUT2D eigenvalue weighted by atomic mass is 10.1. The van der Waals surface area contributed by atoms with Gasteiger partial charge in [-0.1, -0.05) is 17.7 Å². The predicted octanol–water partition coefficient (Wildman–Crippen LogP) is 2.70. The molecule has 3 N–H and O–H groups in total. The molecule has 0 unspecified atom stereocenters. The number of anilines is 1. The van der Waals surface area contributed by atoms with Crippen LogP contribution in [0.2, 0.25) is 5.02 Å². The van der Waals surface area contributed by atoms with Crippen LogP contribution in [0.1, 0.15) is 12.5 Å². The van der Waals surface area contributed by atoms with Crippen LogP contribution in [-0.4, -0.2) is 31.1 Å². The summed E-state index contributed by atoms with van der Waals surface area (Å²) in [7, 11) is 0. The molecule has 0 aromatic heterocycles. The summed E-state index contributed by atoms with van der Waals surface area (Å²) < 4.78 is 10.8. The molecule has 9 heteroatoms. The van der Waals surface area contributed by atoms with Crippen LogP contribution in [0.15, 0.2) is 48.2 Å². The van der Waals surface area contributed by atoms with Crippen molar-refractivity contribution in [1.82, 2.24) is 5.32 Å². The molecular formula is C20H18ClN3O5. The van der Waals surface area contributed by atoms with Gasteiger partial charge in [-0.15, -0.1) is 0 Å². The minimum absolute atomic E-state index is 0.109. The fourth-order valence-corrected chi connectivity index (χ4v) is 2.80. The van der Waals surface area contributed by atoms with Gasteiger partial charge in [-0.05, 0) is 55.0 Å². The number of benzene rings is 2. The van der Waals surface area contributed by atoms with Gasteiger partial charge >= 0.3 is 6.03 Å². The zero-order valence-electron chi connectivity index (χ0n) is 15.5. The first-order valence-electron chi connectivity index (χ1n) is 8.69. The van der Waals surface area contributed by atoms with Crippen molar-refractivity contribution >= 4 is 41.2 Å². The lowest BCUT2D eigenvalue weighted by Gasteiger charge is -2.12. The summed E-state index contributed by atoms with van der Waals surface area (Å²) in [6.07, 6.45) is 1.52. The molecule has 1 fully saturated rings. The lowest BCUT2D eigenvalue weighted by molar-refractivity contribution is -0.120. The van der Waals surface area contributed by atoms with Crippen LogP contribution in [0, 0.1) is 0 Å². The minimum atomic E-state index is -0.611. The minimum Gasteiger partial charge on any atom is -0.490 e. The Hall–Kier alpha value is -3.52. The van der Waals surface area contributed by atoms with Gasteiger partial charge in [-0.2, -0.15) is 0 Å². The Labute approximate surface area is 171 Å². The Kier molecular flexibility index (Phi) is 6.04. The highest BCUT2D eigenvalue weighted by Crippen LogP contribution is 2.30. The molecule has 2 aromatic carbocycles. The van der Waals surface area contributed by atoms with Crippen molar-refractivity contribution in [3.8, 4) is 11.5 Å². The van der Waals surface area contributed by atoms with Crippen molar-refractivity contribution in [1.29, 1.82) is 0 Å². The maximum Gasteiger partial charge on any atom is 0.333 e. The summed E-state index contributed by atoms with van der Waals surface area (Å²) in [5.41, 5.74) is 6.21. The van der Waals surface area contributed by atoms with Gasteiger partial charge in [0, 0.05) is 5.02 Å². The molecule has 0 spiro atoms. The Morgan fingerprint density at radius 3 is 2.52 bits per heavy atom. The first kappa shape index (κ1) is 20.2. The topological polar surface area (TPSA) is 111 Å². The molecule has 3 rings (SSSR count). The van der Waals surface area contributed by atoms with Crippen LogP contribution >= 0.6 is 11.6 Å². The van der Waals surface area contributed by atoms with Gasteiger partial charge in [0.1, 0.15) is 5.70 Å². The van der Waals surface area contributed by atoms with E-state index in [1.165, 1.54) is 6.08 Å². The van der Waals surface area contributed by atoms with Crippen LogP contribution in [0.4, 0.5) is 10.5 Å². The number of halogens is 1. The molecular weight excluding hydrogens is 398 g/mol. The molecule has 1 aliphatic rings. The van der Waals surface area contributed by atoms with Gasteiger partial charge in [-0.3, -0.25) is 9.59 Å². The molecule has 0 saturated carbocycles. The van der Waals surface area contributed by atoms with Crippen LogP contribution in [0.3, 0.4) is 0 Å².